The fourth-order valence-electron chi connectivity index (χ4n) is 4.40. The van der Waals surface area contributed by atoms with Gasteiger partial charge in [0.1, 0.15) is 5.75 Å². The lowest BCUT2D eigenvalue weighted by Crippen LogP contribution is -2.18. The first-order chi connectivity index (χ1) is 14.7. The van der Waals surface area contributed by atoms with E-state index in [9.17, 15) is 0 Å². The summed E-state index contributed by atoms with van der Waals surface area (Å²) in [6, 6.07) is 21.4. The van der Waals surface area contributed by atoms with Crippen LogP contribution in [0.3, 0.4) is 0 Å². The van der Waals surface area contributed by atoms with Crippen molar-refractivity contribution < 1.29 is 4.74 Å². The van der Waals surface area contributed by atoms with Crippen LogP contribution in [0.15, 0.2) is 66.7 Å². The third-order valence-electron chi connectivity index (χ3n) is 6.02. The Kier molecular flexibility index (Phi) is 6.52. The molecule has 1 saturated heterocycles. The van der Waals surface area contributed by atoms with E-state index in [1.54, 1.807) is 6.08 Å². The van der Waals surface area contributed by atoms with Crippen molar-refractivity contribution in [3.05, 3.63) is 83.4 Å². The molecule has 3 aromatic rings. The average Bonchev–Trinajstić information content (AvgIpc) is 3.20. The number of benzene rings is 3. The number of ether oxygens (including phenoxy) is 1. The first-order valence-electron chi connectivity index (χ1n) is 10.8. The first kappa shape index (κ1) is 20.3. The van der Waals surface area contributed by atoms with Gasteiger partial charge in [-0.15, -0.1) is 6.42 Å². The van der Waals surface area contributed by atoms with E-state index in [0.717, 1.165) is 31.7 Å². The Bertz CT molecular complexity index is 1080. The molecule has 1 fully saturated rings. The van der Waals surface area contributed by atoms with E-state index in [-0.39, 0.29) is 0 Å². The third kappa shape index (κ3) is 4.75. The van der Waals surface area contributed by atoms with Crippen LogP contribution in [0.4, 0.5) is 0 Å². The summed E-state index contributed by atoms with van der Waals surface area (Å²) in [6.45, 7) is 3.08. The predicted molar refractivity (Wildman–Crippen MR) is 127 cm³/mol. The molecule has 30 heavy (non-hydrogen) atoms. The van der Waals surface area contributed by atoms with Crippen molar-refractivity contribution in [2.24, 2.45) is 5.92 Å². The zero-order chi connectivity index (χ0) is 20.8. The molecule has 152 valence electrons. The molecule has 1 unspecified atom stereocenters. The summed E-state index contributed by atoms with van der Waals surface area (Å²) in [5, 5.41) is 2.55. The fraction of sp³-hybridized carbons (Fsp3) is 0.286. The van der Waals surface area contributed by atoms with Crippen molar-refractivity contribution in [3.8, 4) is 18.1 Å². The molecule has 0 aliphatic carbocycles. The number of allylic oxidation sites excluding steroid dienone is 1. The SMILES string of the molecule is C#C/C=C\c1ccccc1CCc1c(OCC2CCN(C)C2)ccc2ccccc12. The fourth-order valence-corrected chi connectivity index (χ4v) is 4.40. The Labute approximate surface area is 180 Å². The molecular formula is C28H29NO. The molecule has 1 heterocycles. The maximum absolute atomic E-state index is 6.39. The summed E-state index contributed by atoms with van der Waals surface area (Å²) in [4.78, 5) is 2.38. The van der Waals surface area contributed by atoms with Crippen LogP contribution in [0.5, 0.6) is 5.75 Å². The number of terminal acetylenes is 1. The summed E-state index contributed by atoms with van der Waals surface area (Å²) in [5.41, 5.74) is 3.79. The second-order valence-corrected chi connectivity index (χ2v) is 8.19. The molecule has 0 N–H and O–H groups in total. The van der Waals surface area contributed by atoms with Crippen molar-refractivity contribution in [1.29, 1.82) is 0 Å². The molecule has 1 atom stereocenters. The van der Waals surface area contributed by atoms with Gasteiger partial charge < -0.3 is 9.64 Å². The summed E-state index contributed by atoms with van der Waals surface area (Å²) < 4.78 is 6.39. The minimum atomic E-state index is 0.615. The van der Waals surface area contributed by atoms with Gasteiger partial charge in [-0.05, 0) is 73.0 Å². The van der Waals surface area contributed by atoms with E-state index in [2.05, 4.69) is 78.5 Å². The Morgan fingerprint density at radius 2 is 1.90 bits per heavy atom. The molecule has 2 nitrogen and oxygen atoms in total. The van der Waals surface area contributed by atoms with E-state index >= 15 is 0 Å². The molecular weight excluding hydrogens is 366 g/mol. The van der Waals surface area contributed by atoms with Gasteiger partial charge in [0.25, 0.3) is 0 Å². The van der Waals surface area contributed by atoms with E-state index < -0.39 is 0 Å². The van der Waals surface area contributed by atoms with Crippen LogP contribution in [-0.4, -0.2) is 31.6 Å². The van der Waals surface area contributed by atoms with Crippen LogP contribution in [-0.2, 0) is 12.8 Å². The Morgan fingerprint density at radius 1 is 1.07 bits per heavy atom. The molecule has 0 bridgehead atoms. The van der Waals surface area contributed by atoms with Crippen molar-refractivity contribution in [2.75, 3.05) is 26.7 Å². The molecule has 0 spiro atoms. The Balaban J connectivity index is 1.59. The molecule has 2 heteroatoms. The van der Waals surface area contributed by atoms with Gasteiger partial charge in [-0.3, -0.25) is 0 Å². The lowest BCUT2D eigenvalue weighted by atomic mass is 9.95. The van der Waals surface area contributed by atoms with Gasteiger partial charge in [-0.1, -0.05) is 60.5 Å². The minimum Gasteiger partial charge on any atom is -0.493 e. The first-order valence-corrected chi connectivity index (χ1v) is 10.8. The van der Waals surface area contributed by atoms with Gasteiger partial charge in [0.15, 0.2) is 0 Å². The minimum absolute atomic E-state index is 0.615. The summed E-state index contributed by atoms with van der Waals surface area (Å²) >= 11 is 0. The highest BCUT2D eigenvalue weighted by atomic mass is 16.5. The van der Waals surface area contributed by atoms with E-state index in [0.29, 0.717) is 5.92 Å². The maximum atomic E-state index is 6.39. The summed E-state index contributed by atoms with van der Waals surface area (Å²) in [5.74, 6) is 4.24. The summed E-state index contributed by atoms with van der Waals surface area (Å²) in [6.07, 6.45) is 12.3. The highest BCUT2D eigenvalue weighted by Crippen LogP contribution is 2.31. The lowest BCUT2D eigenvalue weighted by molar-refractivity contribution is 0.247. The number of hydrogen-bond donors (Lipinski definition) is 0. The van der Waals surface area contributed by atoms with Crippen LogP contribution >= 0.6 is 0 Å². The largest absolute Gasteiger partial charge is 0.493 e. The van der Waals surface area contributed by atoms with Gasteiger partial charge in [0, 0.05) is 18.0 Å². The van der Waals surface area contributed by atoms with Crippen LogP contribution in [0.2, 0.25) is 0 Å². The molecule has 0 amide bonds. The second-order valence-electron chi connectivity index (χ2n) is 8.19. The smallest absolute Gasteiger partial charge is 0.123 e. The maximum Gasteiger partial charge on any atom is 0.123 e. The van der Waals surface area contributed by atoms with Crippen LogP contribution in [0, 0.1) is 18.3 Å². The van der Waals surface area contributed by atoms with Gasteiger partial charge in [-0.25, -0.2) is 0 Å². The average molecular weight is 396 g/mol. The van der Waals surface area contributed by atoms with E-state index in [1.165, 1.54) is 40.4 Å². The predicted octanol–water partition coefficient (Wildman–Crippen LogP) is 5.60. The van der Waals surface area contributed by atoms with Crippen molar-refractivity contribution >= 4 is 16.8 Å². The normalized spacial score (nSPS) is 16.9. The lowest BCUT2D eigenvalue weighted by Gasteiger charge is -2.17. The molecule has 0 radical (unpaired) electrons. The second kappa shape index (κ2) is 9.65. The molecule has 1 aliphatic rings. The highest BCUT2D eigenvalue weighted by Gasteiger charge is 2.20. The summed E-state index contributed by atoms with van der Waals surface area (Å²) in [7, 11) is 2.19. The van der Waals surface area contributed by atoms with Crippen LogP contribution < -0.4 is 4.74 Å². The van der Waals surface area contributed by atoms with Crippen molar-refractivity contribution in [3.63, 3.8) is 0 Å². The Hall–Kier alpha value is -3.02. The molecule has 0 saturated carbocycles. The number of hydrogen-bond acceptors (Lipinski definition) is 2. The number of likely N-dealkylation sites (tertiary alicyclic amines) is 1. The van der Waals surface area contributed by atoms with Crippen molar-refractivity contribution in [1.82, 2.24) is 4.90 Å². The van der Waals surface area contributed by atoms with Gasteiger partial charge in [0.05, 0.1) is 6.61 Å². The van der Waals surface area contributed by atoms with Gasteiger partial charge >= 0.3 is 0 Å². The van der Waals surface area contributed by atoms with E-state index in [4.69, 9.17) is 11.2 Å². The highest BCUT2D eigenvalue weighted by molar-refractivity contribution is 5.87. The topological polar surface area (TPSA) is 12.5 Å². The zero-order valence-electron chi connectivity index (χ0n) is 17.7. The Morgan fingerprint density at radius 3 is 2.73 bits per heavy atom. The molecule has 1 aliphatic heterocycles. The number of fused-ring (bicyclic) bond motifs is 1. The van der Waals surface area contributed by atoms with Crippen LogP contribution in [0.25, 0.3) is 16.8 Å². The number of rotatable bonds is 7. The standard InChI is InChI=1S/C28H29NO/c1-3-4-9-23-10-5-6-11-24(23)14-16-27-26-13-8-7-12-25(26)15-17-28(27)30-21-22-18-19-29(2)20-22/h1,4-13,15,17,22H,14,16,18-21H2,2H3/b9-4-. The number of nitrogens with zero attached hydrogens (tertiary/aromatic N) is 1. The van der Waals surface area contributed by atoms with E-state index in [1.807, 2.05) is 6.08 Å². The molecule has 3 aromatic carbocycles. The molecule has 4 rings (SSSR count). The van der Waals surface area contributed by atoms with Crippen LogP contribution in [0.1, 0.15) is 23.1 Å². The molecule has 0 aromatic heterocycles. The van der Waals surface area contributed by atoms with Crippen molar-refractivity contribution in [2.45, 2.75) is 19.3 Å². The zero-order valence-corrected chi connectivity index (χ0v) is 17.7. The van der Waals surface area contributed by atoms with Gasteiger partial charge in [-0.2, -0.15) is 0 Å². The third-order valence-corrected chi connectivity index (χ3v) is 6.02. The van der Waals surface area contributed by atoms with Gasteiger partial charge in [0.2, 0.25) is 0 Å². The monoisotopic (exact) mass is 395 g/mol. The number of aryl methyl sites for hydroxylation is 2. The quantitative estimate of drug-likeness (QED) is 0.483.